The summed E-state index contributed by atoms with van der Waals surface area (Å²) in [6.45, 7) is 7.15. The lowest BCUT2D eigenvalue weighted by Crippen LogP contribution is -3.12. The van der Waals surface area contributed by atoms with Gasteiger partial charge in [-0.25, -0.2) is 18.6 Å². The van der Waals surface area contributed by atoms with Crippen molar-refractivity contribution in [3.05, 3.63) is 100 Å². The molecule has 3 unspecified atom stereocenters. The first-order chi connectivity index (χ1) is 31.0. The first-order valence-corrected chi connectivity index (χ1v) is 23.3. The summed E-state index contributed by atoms with van der Waals surface area (Å²) in [4.78, 5) is 52.5. The number of hydroxylamine groups is 2. The van der Waals surface area contributed by atoms with Crippen molar-refractivity contribution in [3.63, 3.8) is 0 Å². The van der Waals surface area contributed by atoms with Crippen LogP contribution in [0.4, 0.5) is 37.5 Å². The molecular formula is C45H54F2N10O7S. The number of carbonyl (C=O) groups excluding carboxylic acids is 3. The molecule has 0 bridgehead atoms. The molecule has 2 aromatic heterocycles. The van der Waals surface area contributed by atoms with Gasteiger partial charge in [0.2, 0.25) is 11.7 Å². The number of aromatic nitrogens is 2. The molecule has 4 aliphatic rings. The molecule has 2 amide bonds. The highest BCUT2D eigenvalue weighted by atomic mass is 32.2. The normalized spacial score (nSPS) is 21.1. The molecule has 346 valence electrons. The van der Waals surface area contributed by atoms with E-state index in [9.17, 15) is 33.1 Å². The van der Waals surface area contributed by atoms with Gasteiger partial charge >= 0.3 is 16.1 Å². The number of rotatable bonds is 13. The van der Waals surface area contributed by atoms with Crippen LogP contribution in [0.15, 0.2) is 60.9 Å². The number of aromatic amines is 1. The minimum atomic E-state index is -4.15. The first kappa shape index (κ1) is 45.6. The summed E-state index contributed by atoms with van der Waals surface area (Å²) < 4.78 is 59.0. The molecule has 0 aliphatic carbocycles. The van der Waals surface area contributed by atoms with E-state index in [1.807, 2.05) is 48.2 Å². The fourth-order valence-corrected chi connectivity index (χ4v) is 9.79. The number of carbonyl (C=O) groups is 3. The van der Waals surface area contributed by atoms with Crippen molar-refractivity contribution in [2.45, 2.75) is 63.6 Å². The second kappa shape index (κ2) is 18.5. The number of piperidine rings is 2. The largest absolute Gasteiger partial charge is 0.627 e. The highest BCUT2D eigenvalue weighted by Gasteiger charge is 2.37. The van der Waals surface area contributed by atoms with Crippen molar-refractivity contribution < 1.29 is 41.8 Å². The van der Waals surface area contributed by atoms with Crippen LogP contribution in [0.3, 0.4) is 0 Å². The Morgan fingerprint density at radius 2 is 1.75 bits per heavy atom. The first-order valence-electron chi connectivity index (χ1n) is 21.9. The van der Waals surface area contributed by atoms with Crippen LogP contribution in [0, 0.1) is 16.8 Å². The molecule has 6 heterocycles. The number of ketones is 1. The molecule has 17 nitrogen and oxygen atoms in total. The van der Waals surface area contributed by atoms with E-state index in [2.05, 4.69) is 35.1 Å². The number of pyridine rings is 1. The number of nitrogens with zero attached hydrogens (tertiary/aromatic N) is 5. The van der Waals surface area contributed by atoms with E-state index in [1.54, 1.807) is 19.2 Å². The van der Waals surface area contributed by atoms with Gasteiger partial charge < -0.3 is 45.7 Å². The average molecular weight is 917 g/mol. The summed E-state index contributed by atoms with van der Waals surface area (Å²) in [5, 5.41) is 29.6. The predicted octanol–water partition coefficient (Wildman–Crippen LogP) is 3.44. The van der Waals surface area contributed by atoms with E-state index >= 15 is 8.78 Å². The van der Waals surface area contributed by atoms with E-state index in [0.29, 0.717) is 69.9 Å². The summed E-state index contributed by atoms with van der Waals surface area (Å²) in [6.07, 6.45) is 6.64. The topological polar surface area (TPSA) is 211 Å². The molecule has 4 aromatic rings. The lowest BCUT2D eigenvalue weighted by molar-refractivity contribution is -0.770. The molecule has 0 radical (unpaired) electrons. The number of quaternary nitrogens is 1. The second-order valence-corrected chi connectivity index (χ2v) is 19.0. The number of halogens is 2. The Labute approximate surface area is 376 Å². The van der Waals surface area contributed by atoms with Gasteiger partial charge in [-0.05, 0) is 79.8 Å². The third-order valence-electron chi connectivity index (χ3n) is 13.0. The third kappa shape index (κ3) is 9.72. The molecule has 3 saturated heterocycles. The lowest BCUT2D eigenvalue weighted by atomic mass is 9.87. The van der Waals surface area contributed by atoms with Crippen LogP contribution in [0.1, 0.15) is 73.0 Å². The number of fused-ring (bicyclic) bond motifs is 1. The number of anilines is 5. The smallest absolute Gasteiger partial charge is 0.312 e. The van der Waals surface area contributed by atoms with Gasteiger partial charge in [-0.1, -0.05) is 19.1 Å². The molecule has 4 aliphatic heterocycles. The van der Waals surface area contributed by atoms with E-state index < -0.39 is 44.5 Å². The number of nitrogens with one attached hydrogen (secondary N) is 5. The van der Waals surface area contributed by atoms with Crippen LogP contribution in [0.5, 0.6) is 0 Å². The van der Waals surface area contributed by atoms with Crippen LogP contribution < -0.4 is 30.2 Å². The van der Waals surface area contributed by atoms with Gasteiger partial charge in [0.15, 0.2) is 5.82 Å². The van der Waals surface area contributed by atoms with Crippen molar-refractivity contribution in [1.82, 2.24) is 19.2 Å². The third-order valence-corrected chi connectivity index (χ3v) is 14.5. The summed E-state index contributed by atoms with van der Waals surface area (Å²) in [5.41, 5.74) is 1.30. The standard InChI is InChI=1S/C45H54F2N10O7S/c1-4-53(3)65(63,64)52-37-12-11-36(46)41(42(37)47)43(60)35-26-49-44-34(35)23-33(28(2)50-44)29-5-9-32(10-6-29)54-19-21-56(22-20-54)40(59)24-45(61)15-17-55(18-16-45)38-13-7-30(25-48-38)51-31-8-14-39(58)57(62)27-31/h5-7,9-13,23,25-26,28,31,49-52,57,61H,4,8,14-22,24,27H2,1-3H3. The van der Waals surface area contributed by atoms with Gasteiger partial charge in [0.25, 0.3) is 0 Å². The molecule has 3 atom stereocenters. The zero-order chi connectivity index (χ0) is 46.2. The Kier molecular flexibility index (Phi) is 13.0. The summed E-state index contributed by atoms with van der Waals surface area (Å²) >= 11 is 0. The summed E-state index contributed by atoms with van der Waals surface area (Å²) in [6, 6.07) is 13.2. The maximum absolute atomic E-state index is 15.7. The van der Waals surface area contributed by atoms with Crippen LogP contribution in [-0.4, -0.2) is 127 Å². The minimum Gasteiger partial charge on any atom is -0.627 e. The highest BCUT2D eigenvalue weighted by molar-refractivity contribution is 7.90. The van der Waals surface area contributed by atoms with Crippen LogP contribution in [-0.2, 0) is 19.8 Å². The fraction of sp³-hybridized carbons (Fsp3) is 0.422. The van der Waals surface area contributed by atoms with E-state index in [1.165, 1.54) is 13.2 Å². The maximum Gasteiger partial charge on any atom is 0.312 e. The van der Waals surface area contributed by atoms with Crippen molar-refractivity contribution >= 4 is 68.2 Å². The monoisotopic (exact) mass is 916 g/mol. The Bertz CT molecular complexity index is 2580. The number of benzene rings is 2. The molecule has 8 rings (SSSR count). The van der Waals surface area contributed by atoms with E-state index in [4.69, 9.17) is 0 Å². The van der Waals surface area contributed by atoms with Crippen molar-refractivity contribution in [1.29, 1.82) is 0 Å². The quantitative estimate of drug-likeness (QED) is 0.0842. The fourth-order valence-electron chi connectivity index (χ4n) is 8.86. The number of H-pyrrole nitrogens is 1. The molecule has 65 heavy (non-hydrogen) atoms. The van der Waals surface area contributed by atoms with Gasteiger partial charge in [0.05, 0.1) is 53.7 Å². The van der Waals surface area contributed by atoms with Crippen LogP contribution >= 0.6 is 0 Å². The number of hydrogen-bond donors (Lipinski definition) is 6. The SMILES string of the molecule is CCN(C)S(=O)(=O)Nc1ccc(F)c(C(=O)c2c[nH]c3c2C=C(c2ccc(N4CCN(C(=O)CC5(O)CCN(c6ccc(NC7CCC(=O)[NH+]([O-])C7)cn6)CC5)CC4)cc2)C(C)N3)c1F. The Morgan fingerprint density at radius 3 is 2.42 bits per heavy atom. The van der Waals surface area contributed by atoms with E-state index in [-0.39, 0.29) is 60.5 Å². The van der Waals surface area contributed by atoms with Crippen LogP contribution in [0.25, 0.3) is 11.6 Å². The lowest BCUT2D eigenvalue weighted by Gasteiger charge is -2.41. The number of aliphatic hydroxyl groups is 1. The molecule has 2 aromatic carbocycles. The number of piperazine rings is 1. The van der Waals surface area contributed by atoms with E-state index in [0.717, 1.165) is 44.8 Å². The van der Waals surface area contributed by atoms with Gasteiger partial charge in [0, 0.05) is 75.9 Å². The Hall–Kier alpha value is -5.93. The minimum absolute atomic E-state index is 0.00625. The zero-order valence-electron chi connectivity index (χ0n) is 36.5. The number of hydrogen-bond acceptors (Lipinski definition) is 12. The van der Waals surface area contributed by atoms with Gasteiger partial charge in [-0.2, -0.15) is 12.7 Å². The van der Waals surface area contributed by atoms with Gasteiger partial charge in [-0.3, -0.25) is 14.3 Å². The second-order valence-electron chi connectivity index (χ2n) is 17.2. The average Bonchev–Trinajstić information content (AvgIpc) is 3.71. The Balaban J connectivity index is 0.848. The number of amides is 2. The van der Waals surface area contributed by atoms with Crippen molar-refractivity contribution in [2.24, 2.45) is 0 Å². The highest BCUT2D eigenvalue weighted by Crippen LogP contribution is 2.37. The predicted molar refractivity (Wildman–Crippen MR) is 244 cm³/mol. The van der Waals surface area contributed by atoms with Crippen LogP contribution in [0.2, 0.25) is 0 Å². The summed E-state index contributed by atoms with van der Waals surface area (Å²) in [5.74, 6) is -2.53. The molecule has 3 fully saturated rings. The summed E-state index contributed by atoms with van der Waals surface area (Å²) in [7, 11) is -2.85. The van der Waals surface area contributed by atoms with Gasteiger partial charge in [-0.15, -0.1) is 0 Å². The molecule has 6 N–H and O–H groups in total. The zero-order valence-corrected chi connectivity index (χ0v) is 37.3. The maximum atomic E-state index is 15.7. The molecular weight excluding hydrogens is 863 g/mol. The van der Waals surface area contributed by atoms with Crippen molar-refractivity contribution in [2.75, 3.05) is 84.6 Å². The van der Waals surface area contributed by atoms with Gasteiger partial charge in [0.1, 0.15) is 24.0 Å². The molecule has 0 spiro atoms. The Morgan fingerprint density at radius 1 is 1.03 bits per heavy atom. The van der Waals surface area contributed by atoms with Crippen molar-refractivity contribution in [3.8, 4) is 0 Å². The molecule has 20 heteroatoms. The molecule has 0 saturated carbocycles.